The largest absolute Gasteiger partial charge is 0.468 e. The first kappa shape index (κ1) is 17.5. The molecule has 0 aliphatic carbocycles. The summed E-state index contributed by atoms with van der Waals surface area (Å²) in [6.07, 6.45) is 3.01. The van der Waals surface area contributed by atoms with Crippen LogP contribution in [0, 0.1) is 0 Å². The van der Waals surface area contributed by atoms with Gasteiger partial charge in [-0.1, -0.05) is 29.3 Å². The Kier molecular flexibility index (Phi) is 6.72. The van der Waals surface area contributed by atoms with E-state index in [1.165, 1.54) is 18.1 Å². The molecule has 0 heterocycles. The summed E-state index contributed by atoms with van der Waals surface area (Å²) in [6, 6.07) is 4.95. The minimum atomic E-state index is -0.458. The molecule has 21 heavy (non-hydrogen) atoms. The normalized spacial score (nSPS) is 11.0. The number of carbonyl (C=O) groups is 2. The Hall–Kier alpha value is -1.52. The van der Waals surface area contributed by atoms with Gasteiger partial charge in [0.25, 0.3) is 0 Å². The van der Waals surface area contributed by atoms with Crippen molar-refractivity contribution in [1.82, 2.24) is 4.90 Å². The molecule has 0 atom stereocenters. The maximum absolute atomic E-state index is 12.1. The van der Waals surface area contributed by atoms with Crippen molar-refractivity contribution in [3.8, 4) is 0 Å². The van der Waals surface area contributed by atoms with E-state index in [0.29, 0.717) is 10.0 Å². The molecule has 1 aromatic rings. The highest BCUT2D eigenvalue weighted by Gasteiger charge is 2.18. The van der Waals surface area contributed by atoms with Gasteiger partial charge in [0.2, 0.25) is 5.91 Å². The molecule has 4 nitrogen and oxygen atoms in total. The van der Waals surface area contributed by atoms with Crippen molar-refractivity contribution >= 4 is 41.2 Å². The molecule has 0 spiro atoms. The first-order chi connectivity index (χ1) is 9.85. The Labute approximate surface area is 134 Å². The van der Waals surface area contributed by atoms with E-state index in [2.05, 4.69) is 4.74 Å². The molecule has 1 amide bonds. The van der Waals surface area contributed by atoms with Crippen LogP contribution in [0.1, 0.15) is 19.4 Å². The van der Waals surface area contributed by atoms with Gasteiger partial charge in [0.15, 0.2) is 0 Å². The number of rotatable bonds is 5. The van der Waals surface area contributed by atoms with Gasteiger partial charge in [0, 0.05) is 12.1 Å². The van der Waals surface area contributed by atoms with Crippen molar-refractivity contribution in [3.63, 3.8) is 0 Å². The van der Waals surface area contributed by atoms with E-state index in [9.17, 15) is 9.59 Å². The summed E-state index contributed by atoms with van der Waals surface area (Å²) >= 11 is 11.7. The third kappa shape index (κ3) is 5.40. The van der Waals surface area contributed by atoms with Gasteiger partial charge in [-0.2, -0.15) is 0 Å². The fraction of sp³-hybridized carbons (Fsp3) is 0.333. The van der Waals surface area contributed by atoms with Gasteiger partial charge in [-0.05, 0) is 37.6 Å². The molecule has 0 unspecified atom stereocenters. The van der Waals surface area contributed by atoms with Crippen molar-refractivity contribution in [1.29, 1.82) is 0 Å². The van der Waals surface area contributed by atoms with Gasteiger partial charge in [0.1, 0.15) is 6.54 Å². The molecule has 0 saturated carbocycles. The zero-order chi connectivity index (χ0) is 16.0. The Morgan fingerprint density at radius 3 is 2.48 bits per heavy atom. The second kappa shape index (κ2) is 8.05. The molecule has 0 N–H and O–H groups in total. The predicted molar refractivity (Wildman–Crippen MR) is 84.4 cm³/mol. The number of esters is 1. The van der Waals surface area contributed by atoms with Crippen LogP contribution in [0.2, 0.25) is 10.0 Å². The number of ether oxygens (including phenoxy) is 1. The summed E-state index contributed by atoms with van der Waals surface area (Å²) in [5.41, 5.74) is 0.750. The molecule has 0 bridgehead atoms. The van der Waals surface area contributed by atoms with Crippen molar-refractivity contribution < 1.29 is 14.3 Å². The van der Waals surface area contributed by atoms with Crippen LogP contribution in [0.4, 0.5) is 0 Å². The summed E-state index contributed by atoms with van der Waals surface area (Å²) in [7, 11) is 1.29. The van der Waals surface area contributed by atoms with Crippen molar-refractivity contribution in [2.24, 2.45) is 0 Å². The van der Waals surface area contributed by atoms with Crippen LogP contribution < -0.4 is 0 Å². The van der Waals surface area contributed by atoms with Crippen LogP contribution in [0.5, 0.6) is 0 Å². The molecule has 1 aromatic carbocycles. The Morgan fingerprint density at radius 1 is 1.29 bits per heavy atom. The number of benzene rings is 1. The van der Waals surface area contributed by atoms with Crippen LogP contribution >= 0.6 is 23.2 Å². The van der Waals surface area contributed by atoms with Gasteiger partial charge < -0.3 is 9.64 Å². The van der Waals surface area contributed by atoms with Crippen LogP contribution in [-0.4, -0.2) is 36.5 Å². The fourth-order valence-electron chi connectivity index (χ4n) is 1.60. The molecule has 0 aliphatic rings. The topological polar surface area (TPSA) is 46.6 Å². The van der Waals surface area contributed by atoms with E-state index in [-0.39, 0.29) is 18.5 Å². The molecule has 1 rings (SSSR count). The number of methoxy groups -OCH3 is 1. The molecule has 0 saturated heterocycles. The van der Waals surface area contributed by atoms with E-state index in [4.69, 9.17) is 23.2 Å². The first-order valence-corrected chi connectivity index (χ1v) is 7.11. The monoisotopic (exact) mass is 329 g/mol. The molecular weight excluding hydrogens is 313 g/mol. The van der Waals surface area contributed by atoms with Gasteiger partial charge in [-0.25, -0.2) is 0 Å². The lowest BCUT2D eigenvalue weighted by Crippen LogP contribution is -2.40. The lowest BCUT2D eigenvalue weighted by molar-refractivity contribution is -0.146. The molecule has 0 fully saturated rings. The standard InChI is InChI=1S/C15H17Cl2NO3/c1-10(2)18(9-15(20)21-3)14(19)7-5-11-4-6-12(16)13(17)8-11/h4-8,10H,9H2,1-3H3/b7-5+. The number of hydrogen-bond acceptors (Lipinski definition) is 3. The highest BCUT2D eigenvalue weighted by atomic mass is 35.5. The van der Waals surface area contributed by atoms with Crippen LogP contribution in [-0.2, 0) is 14.3 Å². The second-order valence-corrected chi connectivity index (χ2v) is 5.46. The number of halogens is 2. The first-order valence-electron chi connectivity index (χ1n) is 6.35. The third-order valence-electron chi connectivity index (χ3n) is 2.80. The number of amides is 1. The van der Waals surface area contributed by atoms with E-state index in [0.717, 1.165) is 5.56 Å². The van der Waals surface area contributed by atoms with E-state index in [1.54, 1.807) is 24.3 Å². The third-order valence-corrected chi connectivity index (χ3v) is 3.53. The SMILES string of the molecule is COC(=O)CN(C(=O)/C=C/c1ccc(Cl)c(Cl)c1)C(C)C. The zero-order valence-corrected chi connectivity index (χ0v) is 13.6. The minimum absolute atomic E-state index is 0.0846. The van der Waals surface area contributed by atoms with E-state index in [1.807, 2.05) is 13.8 Å². The molecule has 0 aliphatic heterocycles. The van der Waals surface area contributed by atoms with Gasteiger partial charge in [-0.3, -0.25) is 9.59 Å². The van der Waals surface area contributed by atoms with E-state index >= 15 is 0 Å². The molecule has 0 aromatic heterocycles. The molecule has 6 heteroatoms. The number of hydrogen-bond donors (Lipinski definition) is 0. The zero-order valence-electron chi connectivity index (χ0n) is 12.1. The number of nitrogens with zero attached hydrogens (tertiary/aromatic N) is 1. The minimum Gasteiger partial charge on any atom is -0.468 e. The van der Waals surface area contributed by atoms with Crippen molar-refractivity contribution in [2.75, 3.05) is 13.7 Å². The maximum atomic E-state index is 12.1. The molecule has 0 radical (unpaired) electrons. The summed E-state index contributed by atoms with van der Waals surface area (Å²) in [4.78, 5) is 24.9. The van der Waals surface area contributed by atoms with Crippen LogP contribution in [0.15, 0.2) is 24.3 Å². The highest BCUT2D eigenvalue weighted by Crippen LogP contribution is 2.23. The van der Waals surface area contributed by atoms with Crippen molar-refractivity contribution in [3.05, 3.63) is 39.9 Å². The Balaban J connectivity index is 2.82. The van der Waals surface area contributed by atoms with Crippen LogP contribution in [0.3, 0.4) is 0 Å². The van der Waals surface area contributed by atoms with E-state index < -0.39 is 5.97 Å². The molecule has 114 valence electrons. The summed E-state index contributed by atoms with van der Waals surface area (Å²) in [6.45, 7) is 3.57. The number of carbonyl (C=O) groups excluding carboxylic acids is 2. The smallest absolute Gasteiger partial charge is 0.325 e. The van der Waals surface area contributed by atoms with Gasteiger partial charge in [-0.15, -0.1) is 0 Å². The van der Waals surface area contributed by atoms with Crippen molar-refractivity contribution in [2.45, 2.75) is 19.9 Å². The quantitative estimate of drug-likeness (QED) is 0.614. The Morgan fingerprint density at radius 2 is 1.95 bits per heavy atom. The van der Waals surface area contributed by atoms with Gasteiger partial charge >= 0.3 is 5.97 Å². The lowest BCUT2D eigenvalue weighted by Gasteiger charge is -2.24. The Bertz CT molecular complexity index is 556. The van der Waals surface area contributed by atoms with Gasteiger partial charge in [0.05, 0.1) is 17.2 Å². The molecular formula is C15H17Cl2NO3. The summed E-state index contributed by atoms with van der Waals surface area (Å²) in [5.74, 6) is -0.735. The maximum Gasteiger partial charge on any atom is 0.325 e. The highest BCUT2D eigenvalue weighted by molar-refractivity contribution is 6.42. The second-order valence-electron chi connectivity index (χ2n) is 4.64. The lowest BCUT2D eigenvalue weighted by atomic mass is 10.2. The van der Waals surface area contributed by atoms with Crippen LogP contribution in [0.25, 0.3) is 6.08 Å². The summed E-state index contributed by atoms with van der Waals surface area (Å²) in [5, 5.41) is 0.871. The fourth-order valence-corrected chi connectivity index (χ4v) is 1.90. The average molecular weight is 330 g/mol. The summed E-state index contributed by atoms with van der Waals surface area (Å²) < 4.78 is 4.58. The predicted octanol–water partition coefficient (Wildman–Crippen LogP) is 3.42. The average Bonchev–Trinajstić information content (AvgIpc) is 2.45.